The number of hydrogen-bond donors (Lipinski definition) is 0. The van der Waals surface area contributed by atoms with E-state index in [0.29, 0.717) is 0 Å². The lowest BCUT2D eigenvalue weighted by Crippen LogP contribution is -2.41. The minimum absolute atomic E-state index is 0.0622. The number of anilines is 3. The van der Waals surface area contributed by atoms with Crippen molar-refractivity contribution in [3.8, 4) is 16.9 Å². The lowest BCUT2D eigenvalue weighted by atomic mass is 9.73. The van der Waals surface area contributed by atoms with Crippen LogP contribution in [0.4, 0.5) is 17.1 Å². The van der Waals surface area contributed by atoms with Crippen LogP contribution in [0.25, 0.3) is 11.1 Å². The molecule has 5 rings (SSSR count). The SMILES string of the molecule is Cc1cc(Br)ccc1N(c1ccc(-c2ccc3c(c2)C(C)(C)C(C)(C)O3)cc1)c1ccc(Br)cc1C. The van der Waals surface area contributed by atoms with E-state index in [1.54, 1.807) is 0 Å². The smallest absolute Gasteiger partial charge is 0.124 e. The summed E-state index contributed by atoms with van der Waals surface area (Å²) in [6.45, 7) is 13.2. The van der Waals surface area contributed by atoms with Gasteiger partial charge in [-0.1, -0.05) is 63.9 Å². The first-order chi connectivity index (χ1) is 17.0. The molecule has 0 aromatic heterocycles. The fourth-order valence-electron chi connectivity index (χ4n) is 4.96. The van der Waals surface area contributed by atoms with Gasteiger partial charge in [0.25, 0.3) is 0 Å². The van der Waals surface area contributed by atoms with Crippen LogP contribution >= 0.6 is 31.9 Å². The summed E-state index contributed by atoms with van der Waals surface area (Å²) in [6.07, 6.45) is 0. The molecule has 4 aromatic rings. The van der Waals surface area contributed by atoms with Gasteiger partial charge in [-0.25, -0.2) is 0 Å². The quantitative estimate of drug-likeness (QED) is 0.230. The van der Waals surface area contributed by atoms with E-state index in [9.17, 15) is 0 Å². The Morgan fingerprint density at radius 3 is 1.69 bits per heavy atom. The molecule has 0 bridgehead atoms. The van der Waals surface area contributed by atoms with Crippen LogP contribution in [0, 0.1) is 13.8 Å². The Kier molecular flexibility index (Phi) is 6.33. The minimum atomic E-state index is -0.233. The van der Waals surface area contributed by atoms with Gasteiger partial charge in [-0.3, -0.25) is 0 Å². The van der Waals surface area contributed by atoms with Crippen LogP contribution in [0.2, 0.25) is 0 Å². The Bertz CT molecular complexity index is 1400. The standard InChI is InChI=1S/C32H31Br2NO/c1-20-17-24(33)10-14-28(20)35(29-15-11-25(34)18-21(29)2)26-12-7-22(8-13-26)23-9-16-30-27(19-23)31(3,4)32(5,6)36-30/h7-19H,1-6H3. The number of ether oxygens (including phenoxy) is 1. The molecule has 1 aliphatic heterocycles. The first kappa shape index (κ1) is 25.1. The first-order valence-electron chi connectivity index (χ1n) is 12.2. The molecule has 1 heterocycles. The average molecular weight is 605 g/mol. The summed E-state index contributed by atoms with van der Waals surface area (Å²) in [5, 5.41) is 0. The zero-order valence-electron chi connectivity index (χ0n) is 21.6. The maximum absolute atomic E-state index is 6.27. The molecule has 0 fully saturated rings. The number of aryl methyl sites for hydroxylation is 2. The van der Waals surface area contributed by atoms with Crippen molar-refractivity contribution < 1.29 is 4.74 Å². The molecule has 0 saturated heterocycles. The average Bonchev–Trinajstić information content (AvgIpc) is 3.00. The second-order valence-corrected chi connectivity index (χ2v) is 12.5. The molecular weight excluding hydrogens is 574 g/mol. The second kappa shape index (κ2) is 9.08. The topological polar surface area (TPSA) is 12.5 Å². The third-order valence-electron chi connectivity index (χ3n) is 7.78. The maximum atomic E-state index is 6.27. The van der Waals surface area contributed by atoms with Crippen molar-refractivity contribution in [3.63, 3.8) is 0 Å². The van der Waals surface area contributed by atoms with E-state index in [-0.39, 0.29) is 11.0 Å². The Morgan fingerprint density at radius 1 is 0.639 bits per heavy atom. The Hall–Kier alpha value is -2.56. The monoisotopic (exact) mass is 603 g/mol. The Labute approximate surface area is 231 Å². The lowest BCUT2D eigenvalue weighted by Gasteiger charge is -2.33. The number of rotatable bonds is 4. The molecule has 0 saturated carbocycles. The number of halogens is 2. The Morgan fingerprint density at radius 2 is 1.17 bits per heavy atom. The minimum Gasteiger partial charge on any atom is -0.487 e. The summed E-state index contributed by atoms with van der Waals surface area (Å²) < 4.78 is 8.44. The summed E-state index contributed by atoms with van der Waals surface area (Å²) in [5.41, 5.74) is 9.25. The van der Waals surface area contributed by atoms with Crippen molar-refractivity contribution in [1.82, 2.24) is 0 Å². The van der Waals surface area contributed by atoms with Crippen LogP contribution in [-0.2, 0) is 5.41 Å². The molecule has 1 aliphatic rings. The van der Waals surface area contributed by atoms with E-state index in [1.807, 2.05) is 0 Å². The molecule has 4 heteroatoms. The number of nitrogens with zero attached hydrogens (tertiary/aromatic N) is 1. The zero-order chi connectivity index (χ0) is 25.8. The van der Waals surface area contributed by atoms with Crippen LogP contribution in [0.5, 0.6) is 5.75 Å². The van der Waals surface area contributed by atoms with E-state index >= 15 is 0 Å². The van der Waals surface area contributed by atoms with E-state index in [4.69, 9.17) is 4.74 Å². The summed E-state index contributed by atoms with van der Waals surface area (Å²) in [4.78, 5) is 2.34. The molecule has 0 atom stereocenters. The lowest BCUT2D eigenvalue weighted by molar-refractivity contribution is 0.0712. The van der Waals surface area contributed by atoms with Gasteiger partial charge in [0.2, 0.25) is 0 Å². The highest BCUT2D eigenvalue weighted by Crippen LogP contribution is 2.50. The van der Waals surface area contributed by atoms with Gasteiger partial charge in [-0.2, -0.15) is 0 Å². The maximum Gasteiger partial charge on any atom is 0.124 e. The first-order valence-corrected chi connectivity index (χ1v) is 13.8. The van der Waals surface area contributed by atoms with Gasteiger partial charge in [0.15, 0.2) is 0 Å². The third kappa shape index (κ3) is 4.29. The molecule has 0 aliphatic carbocycles. The van der Waals surface area contributed by atoms with Crippen LogP contribution in [0.1, 0.15) is 44.4 Å². The highest BCUT2D eigenvalue weighted by atomic mass is 79.9. The van der Waals surface area contributed by atoms with Gasteiger partial charge >= 0.3 is 0 Å². The van der Waals surface area contributed by atoms with E-state index in [2.05, 4.69) is 157 Å². The van der Waals surface area contributed by atoms with Crippen molar-refractivity contribution in [3.05, 3.63) is 104 Å². The van der Waals surface area contributed by atoms with Gasteiger partial charge in [-0.05, 0) is 111 Å². The molecule has 0 amide bonds. The van der Waals surface area contributed by atoms with Crippen molar-refractivity contribution in [2.75, 3.05) is 4.90 Å². The van der Waals surface area contributed by atoms with E-state index < -0.39 is 0 Å². The van der Waals surface area contributed by atoms with Gasteiger partial charge in [-0.15, -0.1) is 0 Å². The molecule has 0 N–H and O–H groups in total. The van der Waals surface area contributed by atoms with Gasteiger partial charge < -0.3 is 9.64 Å². The Balaban J connectivity index is 1.57. The van der Waals surface area contributed by atoms with Crippen molar-refractivity contribution in [2.24, 2.45) is 0 Å². The molecular formula is C32H31Br2NO. The fourth-order valence-corrected chi connectivity index (χ4v) is 5.92. The molecule has 2 nitrogen and oxygen atoms in total. The summed E-state index contributed by atoms with van der Waals surface area (Å²) in [6, 6.07) is 28.4. The predicted molar refractivity (Wildman–Crippen MR) is 159 cm³/mol. The highest BCUT2D eigenvalue weighted by Gasteiger charge is 2.47. The molecule has 184 valence electrons. The number of benzene rings is 4. The van der Waals surface area contributed by atoms with Crippen molar-refractivity contribution >= 4 is 48.9 Å². The second-order valence-electron chi connectivity index (χ2n) is 10.7. The summed E-state index contributed by atoms with van der Waals surface area (Å²) in [7, 11) is 0. The fraction of sp³-hybridized carbons (Fsp3) is 0.250. The van der Waals surface area contributed by atoms with Crippen LogP contribution in [0.15, 0.2) is 87.8 Å². The molecule has 36 heavy (non-hydrogen) atoms. The van der Waals surface area contributed by atoms with E-state index in [1.165, 1.54) is 27.8 Å². The molecule has 4 aromatic carbocycles. The van der Waals surface area contributed by atoms with E-state index in [0.717, 1.165) is 31.8 Å². The largest absolute Gasteiger partial charge is 0.487 e. The summed E-state index contributed by atoms with van der Waals surface area (Å²) in [5.74, 6) is 0.993. The van der Waals surface area contributed by atoms with Crippen molar-refractivity contribution in [2.45, 2.75) is 52.6 Å². The third-order valence-corrected chi connectivity index (χ3v) is 8.77. The predicted octanol–water partition coefficient (Wildman–Crippen LogP) is 10.4. The number of fused-ring (bicyclic) bond motifs is 1. The molecule has 0 radical (unpaired) electrons. The zero-order valence-corrected chi connectivity index (χ0v) is 24.8. The normalized spacial score (nSPS) is 15.3. The van der Waals surface area contributed by atoms with Crippen LogP contribution < -0.4 is 9.64 Å². The highest BCUT2D eigenvalue weighted by molar-refractivity contribution is 9.10. The van der Waals surface area contributed by atoms with Gasteiger partial charge in [0.1, 0.15) is 11.4 Å². The number of hydrogen-bond acceptors (Lipinski definition) is 2. The van der Waals surface area contributed by atoms with Crippen molar-refractivity contribution in [1.29, 1.82) is 0 Å². The van der Waals surface area contributed by atoms with Crippen LogP contribution in [0.3, 0.4) is 0 Å². The van der Waals surface area contributed by atoms with Gasteiger partial charge in [0, 0.05) is 37.0 Å². The summed E-state index contributed by atoms with van der Waals surface area (Å²) >= 11 is 7.24. The van der Waals surface area contributed by atoms with Gasteiger partial charge in [0.05, 0.1) is 0 Å². The van der Waals surface area contributed by atoms with Crippen LogP contribution in [-0.4, -0.2) is 5.60 Å². The molecule has 0 spiro atoms. The molecule has 0 unspecified atom stereocenters.